The van der Waals surface area contributed by atoms with E-state index in [0.29, 0.717) is 16.7 Å². The number of hydrogen-bond acceptors (Lipinski definition) is 3. The molecule has 4 aromatic rings. The van der Waals surface area contributed by atoms with Gasteiger partial charge in [-0.05, 0) is 61.4 Å². The fraction of sp³-hybridized carbons (Fsp3) is 0.200. The SMILES string of the molecule is CC[C@@H](c1ccccc1)n1c(C)nc2ccc(N(C)c3ccc(F)cc3)cc2c1=O. The molecule has 0 fully saturated rings. The van der Waals surface area contributed by atoms with E-state index in [9.17, 15) is 9.18 Å². The van der Waals surface area contributed by atoms with E-state index in [1.807, 2.05) is 67.4 Å². The largest absolute Gasteiger partial charge is 0.345 e. The number of nitrogens with zero attached hydrogens (tertiary/aromatic N) is 3. The zero-order valence-electron chi connectivity index (χ0n) is 17.3. The highest BCUT2D eigenvalue weighted by Crippen LogP contribution is 2.27. The predicted molar refractivity (Wildman–Crippen MR) is 120 cm³/mol. The molecule has 0 spiro atoms. The van der Waals surface area contributed by atoms with Gasteiger partial charge in [-0.2, -0.15) is 0 Å². The molecule has 0 saturated carbocycles. The summed E-state index contributed by atoms with van der Waals surface area (Å²) in [7, 11) is 1.90. The molecule has 0 saturated heterocycles. The molecule has 0 aliphatic carbocycles. The Morgan fingerprint density at radius 3 is 2.33 bits per heavy atom. The molecule has 1 heterocycles. The van der Waals surface area contributed by atoms with Crippen molar-refractivity contribution in [2.75, 3.05) is 11.9 Å². The number of halogens is 1. The number of anilines is 2. The Balaban J connectivity index is 1.84. The standard InChI is InChI=1S/C25H24FN3O/c1-4-24(18-8-6-5-7-9-18)29-17(2)27-23-15-14-21(16-22(23)25(29)30)28(3)20-12-10-19(26)11-13-20/h5-16,24H,4H2,1-3H3/t24-/m0/s1. The smallest absolute Gasteiger partial charge is 0.262 e. The van der Waals surface area contributed by atoms with Gasteiger partial charge in [0.25, 0.3) is 5.56 Å². The molecule has 0 bridgehead atoms. The van der Waals surface area contributed by atoms with Crippen LogP contribution in [0.4, 0.5) is 15.8 Å². The van der Waals surface area contributed by atoms with Crippen LogP contribution in [0.3, 0.4) is 0 Å². The molecule has 4 nitrogen and oxygen atoms in total. The minimum Gasteiger partial charge on any atom is -0.345 e. The van der Waals surface area contributed by atoms with Crippen LogP contribution in [0.25, 0.3) is 10.9 Å². The molecule has 152 valence electrons. The van der Waals surface area contributed by atoms with E-state index in [-0.39, 0.29) is 17.4 Å². The Kier molecular flexibility index (Phi) is 5.36. The molecule has 0 amide bonds. The van der Waals surface area contributed by atoms with Gasteiger partial charge in [-0.15, -0.1) is 0 Å². The van der Waals surface area contributed by atoms with Crippen LogP contribution in [0.2, 0.25) is 0 Å². The Morgan fingerprint density at radius 2 is 1.67 bits per heavy atom. The fourth-order valence-corrected chi connectivity index (χ4v) is 3.93. The minimum atomic E-state index is -0.278. The van der Waals surface area contributed by atoms with Crippen molar-refractivity contribution in [3.8, 4) is 0 Å². The first-order chi connectivity index (χ1) is 14.5. The van der Waals surface area contributed by atoms with Crippen molar-refractivity contribution < 1.29 is 4.39 Å². The van der Waals surface area contributed by atoms with Gasteiger partial charge in [-0.1, -0.05) is 37.3 Å². The van der Waals surface area contributed by atoms with E-state index in [0.717, 1.165) is 23.4 Å². The molecular formula is C25H24FN3O. The van der Waals surface area contributed by atoms with Gasteiger partial charge in [0.1, 0.15) is 11.6 Å². The number of benzene rings is 3. The number of hydrogen-bond donors (Lipinski definition) is 0. The van der Waals surface area contributed by atoms with Crippen LogP contribution < -0.4 is 10.5 Å². The van der Waals surface area contributed by atoms with Gasteiger partial charge >= 0.3 is 0 Å². The first-order valence-corrected chi connectivity index (χ1v) is 10.1. The summed E-state index contributed by atoms with van der Waals surface area (Å²) in [6.45, 7) is 3.96. The zero-order valence-corrected chi connectivity index (χ0v) is 17.3. The number of fused-ring (bicyclic) bond motifs is 1. The molecule has 1 aromatic heterocycles. The molecule has 4 rings (SSSR count). The maximum Gasteiger partial charge on any atom is 0.262 e. The third kappa shape index (κ3) is 3.59. The van der Waals surface area contributed by atoms with Crippen LogP contribution in [0, 0.1) is 12.7 Å². The third-order valence-electron chi connectivity index (χ3n) is 5.54. The van der Waals surface area contributed by atoms with Crippen molar-refractivity contribution in [3.63, 3.8) is 0 Å². The van der Waals surface area contributed by atoms with Crippen molar-refractivity contribution in [1.82, 2.24) is 9.55 Å². The van der Waals surface area contributed by atoms with Crippen molar-refractivity contribution in [1.29, 1.82) is 0 Å². The summed E-state index contributed by atoms with van der Waals surface area (Å²) in [6.07, 6.45) is 0.785. The van der Waals surface area contributed by atoms with Crippen molar-refractivity contribution in [2.45, 2.75) is 26.3 Å². The lowest BCUT2D eigenvalue weighted by Gasteiger charge is -2.23. The second kappa shape index (κ2) is 8.11. The molecule has 1 atom stereocenters. The van der Waals surface area contributed by atoms with Gasteiger partial charge in [0.15, 0.2) is 0 Å². The average molecular weight is 401 g/mol. The highest BCUT2D eigenvalue weighted by atomic mass is 19.1. The maximum absolute atomic E-state index is 13.5. The average Bonchev–Trinajstić information content (AvgIpc) is 2.77. The zero-order chi connectivity index (χ0) is 21.3. The lowest BCUT2D eigenvalue weighted by molar-refractivity contribution is 0.529. The Hall–Kier alpha value is -3.47. The molecule has 30 heavy (non-hydrogen) atoms. The minimum absolute atomic E-state index is 0.0532. The molecule has 3 aromatic carbocycles. The van der Waals surface area contributed by atoms with E-state index in [4.69, 9.17) is 4.98 Å². The molecule has 5 heteroatoms. The number of aryl methyl sites for hydroxylation is 1. The van der Waals surface area contributed by atoms with Gasteiger partial charge < -0.3 is 4.90 Å². The summed E-state index contributed by atoms with van der Waals surface area (Å²) in [5.41, 5.74) is 3.39. The molecule has 0 radical (unpaired) electrons. The lowest BCUT2D eigenvalue weighted by atomic mass is 10.0. The van der Waals surface area contributed by atoms with E-state index in [2.05, 4.69) is 6.92 Å². The summed E-state index contributed by atoms with van der Waals surface area (Å²) in [6, 6.07) is 21.9. The van der Waals surface area contributed by atoms with E-state index in [1.54, 1.807) is 16.7 Å². The summed E-state index contributed by atoms with van der Waals surface area (Å²) >= 11 is 0. The Bertz CT molecular complexity index is 1230. The van der Waals surface area contributed by atoms with Gasteiger partial charge in [0, 0.05) is 18.4 Å². The second-order valence-corrected chi connectivity index (χ2v) is 7.41. The highest BCUT2D eigenvalue weighted by molar-refractivity contribution is 5.83. The summed E-state index contributed by atoms with van der Waals surface area (Å²) in [4.78, 5) is 20.2. The molecular weight excluding hydrogens is 377 g/mol. The Morgan fingerprint density at radius 1 is 1.00 bits per heavy atom. The van der Waals surface area contributed by atoms with Crippen molar-refractivity contribution >= 4 is 22.3 Å². The monoisotopic (exact) mass is 401 g/mol. The molecule has 0 unspecified atom stereocenters. The normalized spacial score (nSPS) is 12.1. The van der Waals surface area contributed by atoms with Crippen LogP contribution in [0.5, 0.6) is 0 Å². The van der Waals surface area contributed by atoms with Gasteiger partial charge in [-0.3, -0.25) is 9.36 Å². The van der Waals surface area contributed by atoms with E-state index in [1.165, 1.54) is 12.1 Å². The first kappa shape index (κ1) is 19.8. The van der Waals surface area contributed by atoms with Gasteiger partial charge in [0.2, 0.25) is 0 Å². The Labute approximate surface area is 175 Å². The van der Waals surface area contributed by atoms with Gasteiger partial charge in [-0.25, -0.2) is 9.37 Å². The molecule has 0 N–H and O–H groups in total. The van der Waals surface area contributed by atoms with Crippen LogP contribution in [0.15, 0.2) is 77.6 Å². The van der Waals surface area contributed by atoms with Gasteiger partial charge in [0.05, 0.1) is 16.9 Å². The third-order valence-corrected chi connectivity index (χ3v) is 5.54. The van der Waals surface area contributed by atoms with Crippen LogP contribution in [-0.4, -0.2) is 16.6 Å². The highest BCUT2D eigenvalue weighted by Gasteiger charge is 2.18. The lowest BCUT2D eigenvalue weighted by Crippen LogP contribution is -2.28. The summed E-state index contributed by atoms with van der Waals surface area (Å²) in [5, 5.41) is 0.571. The van der Waals surface area contributed by atoms with Crippen molar-refractivity contribution in [2.24, 2.45) is 0 Å². The van der Waals surface area contributed by atoms with E-state index < -0.39 is 0 Å². The van der Waals surface area contributed by atoms with Crippen molar-refractivity contribution in [3.05, 3.63) is 100 Å². The molecule has 0 aliphatic rings. The summed E-state index contributed by atoms with van der Waals surface area (Å²) < 4.78 is 15.1. The number of rotatable bonds is 5. The van der Waals surface area contributed by atoms with Crippen LogP contribution >= 0.6 is 0 Å². The maximum atomic E-state index is 13.5. The number of aromatic nitrogens is 2. The second-order valence-electron chi connectivity index (χ2n) is 7.41. The fourth-order valence-electron chi connectivity index (χ4n) is 3.93. The predicted octanol–water partition coefficient (Wildman–Crippen LogP) is 5.61. The quantitative estimate of drug-likeness (QED) is 0.436. The first-order valence-electron chi connectivity index (χ1n) is 10.1. The molecule has 0 aliphatic heterocycles. The van der Waals surface area contributed by atoms with Crippen LogP contribution in [-0.2, 0) is 0 Å². The topological polar surface area (TPSA) is 38.1 Å². The summed E-state index contributed by atoms with van der Waals surface area (Å²) in [5.74, 6) is 0.419. The van der Waals surface area contributed by atoms with Crippen LogP contribution in [0.1, 0.15) is 30.8 Å². The van der Waals surface area contributed by atoms with E-state index >= 15 is 0 Å².